The molecular weight excluding hydrogens is 370 g/mol. The normalized spacial score (nSPS) is 17.1. The standard InChI is InChI=1S/C22H27N3O4/c1-16(26)23-14-20(17-3-8-21-22(13-17)29-15-28-21)25-11-9-24(10-12-25)18-4-6-19(27-2)7-5-18/h3-8,13,20H,9-12,14-15H2,1-2H3,(H,23,26)/t20-/m1/s1. The second kappa shape index (κ2) is 8.61. The molecule has 0 aromatic heterocycles. The zero-order valence-corrected chi connectivity index (χ0v) is 16.9. The Morgan fingerprint density at radius 2 is 1.79 bits per heavy atom. The van der Waals surface area contributed by atoms with Crippen LogP contribution in [0.4, 0.5) is 5.69 Å². The highest BCUT2D eigenvalue weighted by molar-refractivity contribution is 5.72. The van der Waals surface area contributed by atoms with E-state index in [-0.39, 0.29) is 18.7 Å². The van der Waals surface area contributed by atoms with Gasteiger partial charge < -0.3 is 24.4 Å². The summed E-state index contributed by atoms with van der Waals surface area (Å²) in [5, 5.41) is 2.98. The number of carbonyl (C=O) groups excluding carboxylic acids is 1. The maximum Gasteiger partial charge on any atom is 0.231 e. The van der Waals surface area contributed by atoms with Gasteiger partial charge in [-0.25, -0.2) is 0 Å². The highest BCUT2D eigenvalue weighted by atomic mass is 16.7. The molecule has 0 saturated carbocycles. The summed E-state index contributed by atoms with van der Waals surface area (Å²) >= 11 is 0. The molecule has 1 fully saturated rings. The molecular formula is C22H27N3O4. The van der Waals surface area contributed by atoms with Gasteiger partial charge in [0, 0.05) is 45.3 Å². The molecule has 29 heavy (non-hydrogen) atoms. The summed E-state index contributed by atoms with van der Waals surface area (Å²) in [6, 6.07) is 14.3. The van der Waals surface area contributed by atoms with E-state index < -0.39 is 0 Å². The number of rotatable bonds is 6. The third kappa shape index (κ3) is 4.40. The van der Waals surface area contributed by atoms with E-state index in [1.165, 1.54) is 5.69 Å². The number of hydrogen-bond acceptors (Lipinski definition) is 6. The molecule has 0 unspecified atom stereocenters. The quantitative estimate of drug-likeness (QED) is 0.808. The number of benzene rings is 2. The van der Waals surface area contributed by atoms with Crippen molar-refractivity contribution >= 4 is 11.6 Å². The predicted octanol–water partition coefficient (Wildman–Crippen LogP) is 2.42. The van der Waals surface area contributed by atoms with Crippen LogP contribution in [0.5, 0.6) is 17.2 Å². The first-order valence-corrected chi connectivity index (χ1v) is 9.91. The molecule has 1 atom stereocenters. The highest BCUT2D eigenvalue weighted by Crippen LogP contribution is 2.35. The summed E-state index contributed by atoms with van der Waals surface area (Å²) in [5.74, 6) is 2.39. The van der Waals surface area contributed by atoms with Crippen LogP contribution >= 0.6 is 0 Å². The van der Waals surface area contributed by atoms with Gasteiger partial charge in [0.05, 0.1) is 13.2 Å². The van der Waals surface area contributed by atoms with E-state index in [0.29, 0.717) is 6.54 Å². The van der Waals surface area contributed by atoms with Crippen molar-refractivity contribution in [1.82, 2.24) is 10.2 Å². The molecule has 2 aliphatic heterocycles. The Kier molecular flexibility index (Phi) is 5.76. The number of amides is 1. The fourth-order valence-electron chi connectivity index (χ4n) is 3.90. The number of nitrogens with one attached hydrogen (secondary N) is 1. The van der Waals surface area contributed by atoms with Crippen molar-refractivity contribution in [3.63, 3.8) is 0 Å². The summed E-state index contributed by atoms with van der Waals surface area (Å²) in [4.78, 5) is 16.4. The maximum atomic E-state index is 11.5. The Morgan fingerprint density at radius 3 is 2.48 bits per heavy atom. The summed E-state index contributed by atoms with van der Waals surface area (Å²) in [5.41, 5.74) is 2.33. The van der Waals surface area contributed by atoms with Crippen molar-refractivity contribution < 1.29 is 19.0 Å². The van der Waals surface area contributed by atoms with Crippen LogP contribution in [0.3, 0.4) is 0 Å². The number of hydrogen-bond donors (Lipinski definition) is 1. The maximum absolute atomic E-state index is 11.5. The third-order valence-corrected chi connectivity index (χ3v) is 5.52. The van der Waals surface area contributed by atoms with E-state index in [1.807, 2.05) is 24.3 Å². The minimum absolute atomic E-state index is 0.0207. The molecule has 2 aromatic rings. The molecule has 7 heteroatoms. The van der Waals surface area contributed by atoms with Crippen LogP contribution in [-0.2, 0) is 4.79 Å². The number of ether oxygens (including phenoxy) is 3. The van der Waals surface area contributed by atoms with Crippen molar-refractivity contribution in [2.24, 2.45) is 0 Å². The number of nitrogens with zero attached hydrogens (tertiary/aromatic N) is 2. The lowest BCUT2D eigenvalue weighted by Gasteiger charge is -2.40. The Balaban J connectivity index is 1.46. The molecule has 154 valence electrons. The van der Waals surface area contributed by atoms with E-state index in [2.05, 4.69) is 33.3 Å². The Morgan fingerprint density at radius 1 is 1.07 bits per heavy atom. The average molecular weight is 397 g/mol. The van der Waals surface area contributed by atoms with Gasteiger partial charge in [0.25, 0.3) is 0 Å². The number of piperazine rings is 1. The predicted molar refractivity (Wildman–Crippen MR) is 111 cm³/mol. The first kappa shape index (κ1) is 19.4. The minimum Gasteiger partial charge on any atom is -0.497 e. The van der Waals surface area contributed by atoms with Gasteiger partial charge >= 0.3 is 0 Å². The van der Waals surface area contributed by atoms with Crippen molar-refractivity contribution in [3.8, 4) is 17.2 Å². The van der Waals surface area contributed by atoms with Crippen molar-refractivity contribution in [3.05, 3.63) is 48.0 Å². The van der Waals surface area contributed by atoms with Crippen LogP contribution in [-0.4, -0.2) is 57.4 Å². The summed E-state index contributed by atoms with van der Waals surface area (Å²) in [6.45, 7) is 6.04. The highest BCUT2D eigenvalue weighted by Gasteiger charge is 2.27. The molecule has 0 bridgehead atoms. The lowest BCUT2D eigenvalue weighted by molar-refractivity contribution is -0.119. The first-order valence-electron chi connectivity index (χ1n) is 9.91. The fraction of sp³-hybridized carbons (Fsp3) is 0.409. The van der Waals surface area contributed by atoms with E-state index >= 15 is 0 Å². The van der Waals surface area contributed by atoms with E-state index in [1.54, 1.807) is 14.0 Å². The monoisotopic (exact) mass is 397 g/mol. The first-order chi connectivity index (χ1) is 14.1. The molecule has 0 radical (unpaired) electrons. The lowest BCUT2D eigenvalue weighted by Crippen LogP contribution is -2.49. The second-order valence-corrected chi connectivity index (χ2v) is 7.29. The van der Waals surface area contributed by atoms with Crippen LogP contribution in [0.25, 0.3) is 0 Å². The molecule has 0 spiro atoms. The molecule has 0 aliphatic carbocycles. The Hall–Kier alpha value is -2.93. The SMILES string of the molecule is COc1ccc(N2CCN([C@H](CNC(C)=O)c3ccc4c(c3)OCO4)CC2)cc1. The van der Waals surface area contributed by atoms with Gasteiger partial charge in [0.15, 0.2) is 11.5 Å². The van der Waals surface area contributed by atoms with Crippen LogP contribution in [0.1, 0.15) is 18.5 Å². The average Bonchev–Trinajstić information content (AvgIpc) is 3.22. The zero-order valence-electron chi connectivity index (χ0n) is 16.9. The fourth-order valence-corrected chi connectivity index (χ4v) is 3.90. The number of carbonyl (C=O) groups is 1. The number of anilines is 1. The van der Waals surface area contributed by atoms with E-state index in [9.17, 15) is 4.79 Å². The largest absolute Gasteiger partial charge is 0.497 e. The Labute approximate surface area is 171 Å². The van der Waals surface area contributed by atoms with Gasteiger partial charge in [-0.05, 0) is 42.0 Å². The molecule has 4 rings (SSSR count). The second-order valence-electron chi connectivity index (χ2n) is 7.29. The molecule has 1 N–H and O–H groups in total. The Bertz CT molecular complexity index is 848. The van der Waals surface area contributed by atoms with Gasteiger partial charge in [0.2, 0.25) is 12.7 Å². The summed E-state index contributed by atoms with van der Waals surface area (Å²) in [6.07, 6.45) is 0. The van der Waals surface area contributed by atoms with Gasteiger partial charge in [-0.3, -0.25) is 9.69 Å². The topological polar surface area (TPSA) is 63.3 Å². The van der Waals surface area contributed by atoms with Gasteiger partial charge in [-0.2, -0.15) is 0 Å². The van der Waals surface area contributed by atoms with Crippen LogP contribution in [0, 0.1) is 0 Å². The van der Waals surface area contributed by atoms with Gasteiger partial charge in [-0.15, -0.1) is 0 Å². The smallest absolute Gasteiger partial charge is 0.231 e. The van der Waals surface area contributed by atoms with Crippen molar-refractivity contribution in [2.75, 3.05) is 51.5 Å². The van der Waals surface area contributed by atoms with Crippen molar-refractivity contribution in [2.45, 2.75) is 13.0 Å². The number of fused-ring (bicyclic) bond motifs is 1. The van der Waals surface area contributed by atoms with Gasteiger partial charge in [0.1, 0.15) is 5.75 Å². The van der Waals surface area contributed by atoms with Crippen molar-refractivity contribution in [1.29, 1.82) is 0 Å². The molecule has 7 nitrogen and oxygen atoms in total. The number of methoxy groups -OCH3 is 1. The summed E-state index contributed by atoms with van der Waals surface area (Å²) in [7, 11) is 1.68. The lowest BCUT2D eigenvalue weighted by atomic mass is 10.0. The van der Waals surface area contributed by atoms with Gasteiger partial charge in [-0.1, -0.05) is 6.07 Å². The molecule has 1 saturated heterocycles. The van der Waals surface area contributed by atoms with Crippen LogP contribution < -0.4 is 24.4 Å². The van der Waals surface area contributed by atoms with E-state index in [4.69, 9.17) is 14.2 Å². The molecule has 2 heterocycles. The third-order valence-electron chi connectivity index (χ3n) is 5.52. The zero-order chi connectivity index (χ0) is 20.2. The van der Waals surface area contributed by atoms with E-state index in [0.717, 1.165) is 49.0 Å². The minimum atomic E-state index is -0.0207. The summed E-state index contributed by atoms with van der Waals surface area (Å²) < 4.78 is 16.2. The van der Waals surface area contributed by atoms with Crippen LogP contribution in [0.2, 0.25) is 0 Å². The molecule has 2 aliphatic rings. The van der Waals surface area contributed by atoms with Crippen LogP contribution in [0.15, 0.2) is 42.5 Å². The molecule has 2 aromatic carbocycles. The molecule has 1 amide bonds.